The number of benzene rings is 1. The average molecular weight is 370 g/mol. The van der Waals surface area contributed by atoms with Crippen LogP contribution in [-0.2, 0) is 4.79 Å². The zero-order chi connectivity index (χ0) is 17.8. The summed E-state index contributed by atoms with van der Waals surface area (Å²) in [5.74, 6) is 0.359. The molecule has 1 aromatic heterocycles. The number of rotatable bonds is 5. The number of amides is 1. The number of aromatic nitrogens is 1. The molecule has 0 spiro atoms. The summed E-state index contributed by atoms with van der Waals surface area (Å²) in [6.45, 7) is 0.107. The number of nitriles is 1. The highest BCUT2D eigenvalue weighted by atomic mass is 32.2. The first kappa shape index (κ1) is 17.5. The predicted octanol–water partition coefficient (Wildman–Crippen LogP) is 2.51. The number of hydrogen-bond acceptors (Lipinski definition) is 7. The number of nitrogens with two attached hydrogens (primary N) is 1. The molecule has 8 heteroatoms. The zero-order valence-electron chi connectivity index (χ0n) is 13.1. The summed E-state index contributed by atoms with van der Waals surface area (Å²) in [5.41, 5.74) is 7.66. The summed E-state index contributed by atoms with van der Waals surface area (Å²) in [4.78, 5) is 21.1. The summed E-state index contributed by atoms with van der Waals surface area (Å²) in [7, 11) is 0. The maximum Gasteiger partial charge on any atom is 0.286 e. The molecule has 3 N–H and O–H groups in total. The van der Waals surface area contributed by atoms with Gasteiger partial charge < -0.3 is 10.8 Å². The third kappa shape index (κ3) is 3.85. The number of carbonyl (C=O) groups excluding carboxylic acids is 1. The Balaban J connectivity index is 2.03. The lowest BCUT2D eigenvalue weighted by atomic mass is 10.1. The third-order valence-corrected chi connectivity index (χ3v) is 5.48. The van der Waals surface area contributed by atoms with E-state index in [1.165, 1.54) is 11.8 Å². The van der Waals surface area contributed by atoms with Gasteiger partial charge in [0.2, 0.25) is 0 Å². The number of amidine groups is 1. The molecule has 0 unspecified atom stereocenters. The molecule has 126 valence electrons. The van der Waals surface area contributed by atoms with Gasteiger partial charge in [-0.3, -0.25) is 9.78 Å². The normalized spacial score (nSPS) is 15.6. The van der Waals surface area contributed by atoms with Gasteiger partial charge in [0.05, 0.1) is 16.0 Å². The first-order valence-electron chi connectivity index (χ1n) is 7.47. The van der Waals surface area contributed by atoms with E-state index in [0.717, 1.165) is 33.1 Å². The smallest absolute Gasteiger partial charge is 0.286 e. The molecule has 1 aliphatic rings. The van der Waals surface area contributed by atoms with E-state index in [0.29, 0.717) is 22.6 Å². The molecule has 25 heavy (non-hydrogen) atoms. The van der Waals surface area contributed by atoms with E-state index in [9.17, 15) is 10.1 Å². The zero-order valence-corrected chi connectivity index (χ0v) is 14.7. The van der Waals surface area contributed by atoms with Crippen molar-refractivity contribution in [1.29, 1.82) is 5.26 Å². The van der Waals surface area contributed by atoms with E-state index in [2.05, 4.69) is 16.0 Å². The van der Waals surface area contributed by atoms with Crippen molar-refractivity contribution < 1.29 is 9.90 Å². The van der Waals surface area contributed by atoms with Crippen molar-refractivity contribution in [2.75, 3.05) is 12.4 Å². The predicted molar refractivity (Wildman–Crippen MR) is 101 cm³/mol. The van der Waals surface area contributed by atoms with Gasteiger partial charge in [-0.25, -0.2) is 0 Å². The molecule has 2 heterocycles. The second kappa shape index (κ2) is 7.70. The first-order valence-corrected chi connectivity index (χ1v) is 9.27. The van der Waals surface area contributed by atoms with Crippen molar-refractivity contribution in [2.24, 2.45) is 10.7 Å². The number of nitrogens with zero attached hydrogens (tertiary/aromatic N) is 3. The van der Waals surface area contributed by atoms with Crippen LogP contribution in [0.3, 0.4) is 0 Å². The monoisotopic (exact) mass is 370 g/mol. The highest BCUT2D eigenvalue weighted by Gasteiger charge is 2.19. The molecule has 0 bridgehead atoms. The van der Waals surface area contributed by atoms with Crippen LogP contribution in [0.25, 0.3) is 17.0 Å². The Hall–Kier alpha value is -2.34. The molecule has 1 aromatic carbocycles. The number of aliphatic hydroxyl groups is 1. The quantitative estimate of drug-likeness (QED) is 0.472. The van der Waals surface area contributed by atoms with Crippen LogP contribution in [0.5, 0.6) is 0 Å². The van der Waals surface area contributed by atoms with Gasteiger partial charge in [-0.05, 0) is 42.0 Å². The van der Waals surface area contributed by atoms with Crippen molar-refractivity contribution >= 4 is 51.6 Å². The van der Waals surface area contributed by atoms with Gasteiger partial charge in [-0.15, -0.1) is 11.8 Å². The average Bonchev–Trinajstić information content (AvgIpc) is 2.92. The van der Waals surface area contributed by atoms with Gasteiger partial charge in [0.25, 0.3) is 5.91 Å². The van der Waals surface area contributed by atoms with E-state index in [1.807, 2.05) is 18.2 Å². The van der Waals surface area contributed by atoms with Gasteiger partial charge in [0, 0.05) is 28.8 Å². The first-order chi connectivity index (χ1) is 12.1. The number of fused-ring (bicyclic) bond motifs is 1. The third-order valence-electron chi connectivity index (χ3n) is 3.45. The molecule has 0 saturated heterocycles. The van der Waals surface area contributed by atoms with Gasteiger partial charge in [0.1, 0.15) is 6.07 Å². The van der Waals surface area contributed by atoms with Gasteiger partial charge in [0.15, 0.2) is 5.17 Å². The summed E-state index contributed by atoms with van der Waals surface area (Å²) < 4.78 is 0. The lowest BCUT2D eigenvalue weighted by Crippen LogP contribution is -2.01. The van der Waals surface area contributed by atoms with E-state index < -0.39 is 0 Å². The van der Waals surface area contributed by atoms with Crippen LogP contribution in [0.1, 0.15) is 17.5 Å². The molecule has 6 nitrogen and oxygen atoms in total. The highest BCUT2D eigenvalue weighted by molar-refractivity contribution is 8.18. The van der Waals surface area contributed by atoms with E-state index >= 15 is 0 Å². The fourth-order valence-electron chi connectivity index (χ4n) is 2.33. The van der Waals surface area contributed by atoms with Crippen molar-refractivity contribution in [3.8, 4) is 6.07 Å². The number of pyridine rings is 1. The lowest BCUT2D eigenvalue weighted by molar-refractivity contribution is -0.113. The number of aliphatic hydroxyl groups excluding tert-OH is 1. The number of carbonyl (C=O) groups is 1. The summed E-state index contributed by atoms with van der Waals surface area (Å²) in [6.07, 6.45) is 3.94. The Morgan fingerprint density at radius 2 is 2.28 bits per heavy atom. The Morgan fingerprint density at radius 1 is 1.44 bits per heavy atom. The minimum atomic E-state index is -0.343. The minimum absolute atomic E-state index is 0.107. The summed E-state index contributed by atoms with van der Waals surface area (Å²) >= 11 is 2.66. The molecule has 3 rings (SSSR count). The minimum Gasteiger partial charge on any atom is -0.396 e. The topological polar surface area (TPSA) is 112 Å². The van der Waals surface area contributed by atoms with Crippen LogP contribution < -0.4 is 5.73 Å². The number of hydrogen-bond donors (Lipinski definition) is 2. The summed E-state index contributed by atoms with van der Waals surface area (Å²) in [6, 6.07) is 7.78. The molecule has 2 aromatic rings. The SMILES string of the molecule is N#Cc1cnc2ccc(C=C3SC(N)=NC3=O)cc2c1SCCCO. The van der Waals surface area contributed by atoms with Crippen LogP contribution in [0.4, 0.5) is 0 Å². The van der Waals surface area contributed by atoms with Crippen molar-refractivity contribution in [1.82, 2.24) is 4.98 Å². The van der Waals surface area contributed by atoms with Crippen LogP contribution >= 0.6 is 23.5 Å². The maximum atomic E-state index is 11.8. The van der Waals surface area contributed by atoms with Gasteiger partial charge in [-0.2, -0.15) is 10.3 Å². The Kier molecular flexibility index (Phi) is 5.38. The van der Waals surface area contributed by atoms with Crippen molar-refractivity contribution in [3.05, 3.63) is 40.4 Å². The largest absolute Gasteiger partial charge is 0.396 e. The van der Waals surface area contributed by atoms with Gasteiger partial charge >= 0.3 is 0 Å². The van der Waals surface area contributed by atoms with Crippen molar-refractivity contribution in [3.63, 3.8) is 0 Å². The maximum absolute atomic E-state index is 11.8. The molecule has 1 aliphatic heterocycles. The van der Waals surface area contributed by atoms with Crippen LogP contribution in [0, 0.1) is 11.3 Å². The standard InChI is InChI=1S/C17H14N4O2S2/c18-8-11-9-20-13-3-2-10(7-14-16(23)21-17(19)25-14)6-12(13)15(11)24-5-1-4-22/h2-3,6-7,9,22H,1,4-5H2,(H2,19,21,23). The molecule has 0 radical (unpaired) electrons. The van der Waals surface area contributed by atoms with Crippen LogP contribution in [0.2, 0.25) is 0 Å². The molecule has 0 atom stereocenters. The molecule has 0 aliphatic carbocycles. The number of thioether (sulfide) groups is 2. The Labute approximate surface area is 152 Å². The van der Waals surface area contributed by atoms with Crippen molar-refractivity contribution in [2.45, 2.75) is 11.3 Å². The highest BCUT2D eigenvalue weighted by Crippen LogP contribution is 2.33. The molecule has 1 amide bonds. The lowest BCUT2D eigenvalue weighted by Gasteiger charge is -2.08. The van der Waals surface area contributed by atoms with Gasteiger partial charge in [-0.1, -0.05) is 6.07 Å². The van der Waals surface area contributed by atoms with E-state index in [1.54, 1.807) is 12.3 Å². The van der Waals surface area contributed by atoms with E-state index in [4.69, 9.17) is 10.8 Å². The molecular formula is C17H14N4O2S2. The molecular weight excluding hydrogens is 356 g/mol. The fraction of sp³-hybridized carbons (Fsp3) is 0.176. The summed E-state index contributed by atoms with van der Waals surface area (Å²) in [5, 5.41) is 19.4. The molecule has 0 fully saturated rings. The molecule has 0 saturated carbocycles. The Bertz CT molecular complexity index is 948. The number of aliphatic imine (C=N–C) groups is 1. The Morgan fingerprint density at radius 3 is 2.96 bits per heavy atom. The van der Waals surface area contributed by atoms with Crippen LogP contribution in [-0.4, -0.2) is 33.5 Å². The van der Waals surface area contributed by atoms with E-state index in [-0.39, 0.29) is 17.7 Å². The van der Waals surface area contributed by atoms with Crippen LogP contribution in [0.15, 0.2) is 39.2 Å². The fourth-order valence-corrected chi connectivity index (χ4v) is 4.06. The second-order valence-electron chi connectivity index (χ2n) is 5.18. The second-order valence-corrected chi connectivity index (χ2v) is 7.35.